The van der Waals surface area contributed by atoms with E-state index in [1.807, 2.05) is 24.4 Å². The molecule has 4 rings (SSSR count). The normalized spacial score (nSPS) is 14.2. The fourth-order valence-corrected chi connectivity index (χ4v) is 3.55. The monoisotopic (exact) mass is 368 g/mol. The van der Waals surface area contributed by atoms with Gasteiger partial charge >= 0.3 is 0 Å². The largest absolute Gasteiger partial charge is 0.497 e. The van der Waals surface area contributed by atoms with Gasteiger partial charge in [-0.1, -0.05) is 0 Å². The molecule has 7 heteroatoms. The van der Waals surface area contributed by atoms with Gasteiger partial charge in [-0.05, 0) is 30.4 Å². The van der Waals surface area contributed by atoms with Crippen molar-refractivity contribution in [2.24, 2.45) is 0 Å². The Labute approximate surface area is 156 Å². The summed E-state index contributed by atoms with van der Waals surface area (Å²) in [6.45, 7) is 2.55. The molecule has 2 aromatic heterocycles. The zero-order valence-electron chi connectivity index (χ0n) is 14.8. The van der Waals surface area contributed by atoms with Crippen molar-refractivity contribution >= 4 is 23.1 Å². The summed E-state index contributed by atoms with van der Waals surface area (Å²) in [5.41, 5.74) is 4.33. The number of rotatable bonds is 4. The van der Waals surface area contributed by atoms with Crippen LogP contribution in [0.5, 0.6) is 11.6 Å². The highest BCUT2D eigenvalue weighted by Crippen LogP contribution is 2.27. The molecule has 134 valence electrons. The topological polar surface area (TPSA) is 63.3 Å². The maximum absolute atomic E-state index is 5.54. The van der Waals surface area contributed by atoms with Crippen LogP contribution in [-0.2, 0) is 19.5 Å². The molecule has 1 aliphatic rings. The number of hydrogen-bond acceptors (Lipinski definition) is 6. The standard InChI is InChI=1S/C19H20N4O2S/c1-24-15-4-3-12-7-13(18(25-2)21-17(12)8-15)10-23-6-5-16-14(11-23)9-20-19(26)22-16/h3-4,7-9H,5-6,10-11H2,1-2H3,(H,20,22,26). The number of H-pyrrole nitrogens is 1. The van der Waals surface area contributed by atoms with Crippen LogP contribution in [0.4, 0.5) is 0 Å². The van der Waals surface area contributed by atoms with Crippen LogP contribution in [0.15, 0.2) is 30.5 Å². The molecule has 1 aromatic carbocycles. The summed E-state index contributed by atoms with van der Waals surface area (Å²) in [5.74, 6) is 1.44. The lowest BCUT2D eigenvalue weighted by Gasteiger charge is -2.28. The molecule has 0 amide bonds. The van der Waals surface area contributed by atoms with Crippen LogP contribution in [-0.4, -0.2) is 40.6 Å². The van der Waals surface area contributed by atoms with Crippen molar-refractivity contribution < 1.29 is 9.47 Å². The summed E-state index contributed by atoms with van der Waals surface area (Å²) in [4.78, 5) is 14.4. The second-order valence-corrected chi connectivity index (χ2v) is 6.75. The van der Waals surface area contributed by atoms with E-state index in [-0.39, 0.29) is 0 Å². The molecular weight excluding hydrogens is 348 g/mol. The molecule has 3 heterocycles. The minimum absolute atomic E-state index is 0.549. The zero-order chi connectivity index (χ0) is 18.1. The number of nitrogens with zero attached hydrogens (tertiary/aromatic N) is 3. The van der Waals surface area contributed by atoms with Gasteiger partial charge < -0.3 is 14.5 Å². The first kappa shape index (κ1) is 16.9. The van der Waals surface area contributed by atoms with Gasteiger partial charge in [0.15, 0.2) is 4.77 Å². The minimum Gasteiger partial charge on any atom is -0.497 e. The Morgan fingerprint density at radius 3 is 2.92 bits per heavy atom. The van der Waals surface area contributed by atoms with E-state index in [9.17, 15) is 0 Å². The molecule has 0 bridgehead atoms. The lowest BCUT2D eigenvalue weighted by atomic mass is 10.1. The van der Waals surface area contributed by atoms with E-state index in [1.54, 1.807) is 14.2 Å². The fraction of sp³-hybridized carbons (Fsp3) is 0.316. The number of fused-ring (bicyclic) bond motifs is 2. The van der Waals surface area contributed by atoms with Crippen molar-refractivity contribution in [3.8, 4) is 11.6 Å². The second-order valence-electron chi connectivity index (χ2n) is 6.37. The van der Waals surface area contributed by atoms with Crippen LogP contribution < -0.4 is 9.47 Å². The number of aromatic nitrogens is 3. The highest BCUT2D eigenvalue weighted by Gasteiger charge is 2.19. The molecule has 1 N–H and O–H groups in total. The molecule has 0 saturated heterocycles. The Kier molecular flexibility index (Phi) is 4.57. The first-order valence-corrected chi connectivity index (χ1v) is 8.88. The molecular formula is C19H20N4O2S. The Hall–Kier alpha value is -2.51. The minimum atomic E-state index is 0.549. The average molecular weight is 368 g/mol. The van der Waals surface area contributed by atoms with Crippen LogP contribution in [0, 0.1) is 4.77 Å². The Morgan fingerprint density at radius 1 is 1.23 bits per heavy atom. The predicted octanol–water partition coefficient (Wildman–Crippen LogP) is 3.26. The van der Waals surface area contributed by atoms with Crippen molar-refractivity contribution in [3.63, 3.8) is 0 Å². The molecule has 0 spiro atoms. The highest BCUT2D eigenvalue weighted by atomic mass is 32.1. The van der Waals surface area contributed by atoms with E-state index in [1.165, 1.54) is 11.3 Å². The van der Waals surface area contributed by atoms with Gasteiger partial charge in [0.05, 0.1) is 19.7 Å². The van der Waals surface area contributed by atoms with Crippen LogP contribution >= 0.6 is 12.2 Å². The Balaban J connectivity index is 1.62. The molecule has 0 unspecified atom stereocenters. The Bertz CT molecular complexity index is 1020. The van der Waals surface area contributed by atoms with Crippen molar-refractivity contribution in [3.05, 3.63) is 52.1 Å². The number of benzene rings is 1. The number of ether oxygens (including phenoxy) is 2. The average Bonchev–Trinajstić information content (AvgIpc) is 2.67. The van der Waals surface area contributed by atoms with E-state index in [0.717, 1.165) is 48.3 Å². The SMILES string of the molecule is COc1ccc2cc(CN3CCc4[nH]c(=S)ncc4C3)c(OC)nc2c1. The summed E-state index contributed by atoms with van der Waals surface area (Å²) in [7, 11) is 3.31. The lowest BCUT2D eigenvalue weighted by Crippen LogP contribution is -2.31. The summed E-state index contributed by atoms with van der Waals surface area (Å²) >= 11 is 5.11. The fourth-order valence-electron chi connectivity index (χ4n) is 3.37. The molecule has 0 atom stereocenters. The molecule has 0 aliphatic carbocycles. The molecule has 26 heavy (non-hydrogen) atoms. The zero-order valence-corrected chi connectivity index (χ0v) is 15.6. The third kappa shape index (κ3) is 3.27. The van der Waals surface area contributed by atoms with Gasteiger partial charge in [0.2, 0.25) is 5.88 Å². The molecule has 6 nitrogen and oxygen atoms in total. The second kappa shape index (κ2) is 7.01. The van der Waals surface area contributed by atoms with Crippen LogP contribution in [0.3, 0.4) is 0 Å². The smallest absolute Gasteiger partial charge is 0.218 e. The van der Waals surface area contributed by atoms with Gasteiger partial charge in [0, 0.05) is 60.5 Å². The van der Waals surface area contributed by atoms with Gasteiger partial charge in [0.1, 0.15) is 5.75 Å². The third-order valence-electron chi connectivity index (χ3n) is 4.71. The van der Waals surface area contributed by atoms with Crippen LogP contribution in [0.1, 0.15) is 16.8 Å². The van der Waals surface area contributed by atoms with Gasteiger partial charge in [-0.3, -0.25) is 4.90 Å². The third-order valence-corrected chi connectivity index (χ3v) is 4.91. The Morgan fingerprint density at radius 2 is 2.12 bits per heavy atom. The molecule has 1 aliphatic heterocycles. The molecule has 3 aromatic rings. The van der Waals surface area contributed by atoms with E-state index >= 15 is 0 Å². The van der Waals surface area contributed by atoms with E-state index < -0.39 is 0 Å². The maximum atomic E-state index is 5.54. The van der Waals surface area contributed by atoms with Gasteiger partial charge in [-0.15, -0.1) is 0 Å². The van der Waals surface area contributed by atoms with Crippen LogP contribution in [0.2, 0.25) is 0 Å². The van der Waals surface area contributed by atoms with Gasteiger partial charge in [0.25, 0.3) is 0 Å². The number of hydrogen-bond donors (Lipinski definition) is 1. The molecule has 0 saturated carbocycles. The van der Waals surface area contributed by atoms with Gasteiger partial charge in [-0.2, -0.15) is 0 Å². The first-order valence-electron chi connectivity index (χ1n) is 8.47. The number of pyridine rings is 1. The van der Waals surface area contributed by atoms with E-state index in [0.29, 0.717) is 10.7 Å². The van der Waals surface area contributed by atoms with E-state index in [4.69, 9.17) is 21.7 Å². The number of methoxy groups -OCH3 is 2. The van der Waals surface area contributed by atoms with E-state index in [2.05, 4.69) is 25.9 Å². The lowest BCUT2D eigenvalue weighted by molar-refractivity contribution is 0.238. The van der Waals surface area contributed by atoms with Crippen molar-refractivity contribution in [2.75, 3.05) is 20.8 Å². The summed E-state index contributed by atoms with van der Waals surface area (Å²) in [5, 5.41) is 1.07. The molecule has 0 radical (unpaired) electrons. The summed E-state index contributed by atoms with van der Waals surface area (Å²) in [6.07, 6.45) is 2.81. The molecule has 0 fully saturated rings. The van der Waals surface area contributed by atoms with Gasteiger partial charge in [-0.25, -0.2) is 9.97 Å². The predicted molar refractivity (Wildman–Crippen MR) is 102 cm³/mol. The maximum Gasteiger partial charge on any atom is 0.218 e. The van der Waals surface area contributed by atoms with Crippen molar-refractivity contribution in [1.29, 1.82) is 0 Å². The number of nitrogens with one attached hydrogen (secondary N) is 1. The van der Waals surface area contributed by atoms with Crippen molar-refractivity contribution in [1.82, 2.24) is 19.9 Å². The van der Waals surface area contributed by atoms with Crippen LogP contribution in [0.25, 0.3) is 10.9 Å². The highest BCUT2D eigenvalue weighted by molar-refractivity contribution is 7.71. The first-order chi connectivity index (χ1) is 12.7. The summed E-state index contributed by atoms with van der Waals surface area (Å²) in [6, 6.07) is 8.05. The van der Waals surface area contributed by atoms with Crippen molar-refractivity contribution in [2.45, 2.75) is 19.5 Å². The number of aromatic amines is 1. The summed E-state index contributed by atoms with van der Waals surface area (Å²) < 4.78 is 11.4. The quantitative estimate of drug-likeness (QED) is 0.713.